The molecule has 3 aromatic heterocycles. The fourth-order valence-electron chi connectivity index (χ4n) is 9.32. The van der Waals surface area contributed by atoms with E-state index in [1.807, 2.05) is 32.2 Å². The molecule has 2 N–H and O–H groups in total. The maximum absolute atomic E-state index is 14.7. The predicted octanol–water partition coefficient (Wildman–Crippen LogP) is 6.31. The van der Waals surface area contributed by atoms with Gasteiger partial charge in [0, 0.05) is 91.1 Å². The second-order valence-corrected chi connectivity index (χ2v) is 19.8. The Morgan fingerprint density at radius 2 is 1.87 bits per heavy atom. The summed E-state index contributed by atoms with van der Waals surface area (Å²) >= 11 is 1.45. The predicted molar refractivity (Wildman–Crippen MR) is 247 cm³/mol. The molecule has 4 atom stereocenters. The van der Waals surface area contributed by atoms with Crippen molar-refractivity contribution in [2.24, 2.45) is 17.3 Å². The molecule has 2 saturated heterocycles. The van der Waals surface area contributed by atoms with E-state index in [1.165, 1.54) is 21.2 Å². The number of benzene rings is 1. The van der Waals surface area contributed by atoms with Crippen molar-refractivity contribution < 1.29 is 28.7 Å². The average molecular weight is 895 g/mol. The first-order valence-corrected chi connectivity index (χ1v) is 23.7. The zero-order valence-electron chi connectivity index (χ0n) is 38.0. The Kier molecular flexibility index (Phi) is 14.3. The number of amides is 4. The third-order valence-corrected chi connectivity index (χ3v) is 14.0. The van der Waals surface area contributed by atoms with E-state index in [0.29, 0.717) is 50.4 Å². The molecule has 3 aliphatic heterocycles. The number of carbonyl (C=O) groups excluding carboxylic acids is 4. The zero-order valence-corrected chi connectivity index (χ0v) is 39.8. The molecule has 14 nitrogen and oxygen atoms in total. The standard InChI is InChI=1S/C47H62N8O6SSi/c1-9-54-37-18-17-30-23-32(37)34(41(54)31-15-13-19-48-39(31)29(4)60-8)25-47(5,6)27-61-45(58)35-16-14-22-55(51-35)44(57)33(24-38-49-36(30)26-62-38)43(63)50-42(56)40(28(2)3)52(7)46(59)53-20-11-10-12-21-53/h13,15,17-19,23,26,28-29,33,35,40,51H,9-12,14,16,20-22,24-25,27H2,1-8H3,(H,50,56)/t29-,33+,35-,40-/m0/s1. The zero-order chi connectivity index (χ0) is 45.2. The van der Waals surface area contributed by atoms with Crippen LogP contribution in [-0.4, -0.2) is 121 Å². The summed E-state index contributed by atoms with van der Waals surface area (Å²) in [6, 6.07) is 8.77. The summed E-state index contributed by atoms with van der Waals surface area (Å²) in [5.41, 5.74) is 9.47. The highest BCUT2D eigenvalue weighted by atomic mass is 32.1. The van der Waals surface area contributed by atoms with Crippen LogP contribution in [-0.2, 0) is 43.2 Å². The number of piperidine rings is 1. The molecule has 16 heteroatoms. The van der Waals surface area contributed by atoms with Gasteiger partial charge in [0.15, 0.2) is 0 Å². The minimum atomic E-state index is -0.904. The highest BCUT2D eigenvalue weighted by molar-refractivity contribution is 7.10. The fraction of sp³-hybridized carbons (Fsp3) is 0.553. The number of likely N-dealkylation sites (tertiary alicyclic amines) is 1. The van der Waals surface area contributed by atoms with Crippen LogP contribution in [0.5, 0.6) is 0 Å². The number of rotatable bonds is 9. The fourth-order valence-corrected chi connectivity index (χ4v) is 10.5. The second kappa shape index (κ2) is 19.5. The van der Waals surface area contributed by atoms with E-state index in [-0.39, 0.29) is 42.3 Å². The number of fused-ring (bicyclic) bond motifs is 6. The lowest BCUT2D eigenvalue weighted by Gasteiger charge is -2.37. The highest BCUT2D eigenvalue weighted by Gasteiger charge is 2.38. The summed E-state index contributed by atoms with van der Waals surface area (Å²) in [5, 5.41) is 8.50. The second-order valence-electron chi connectivity index (χ2n) is 18.3. The van der Waals surface area contributed by atoms with Gasteiger partial charge in [-0.1, -0.05) is 33.8 Å². The molecule has 0 unspecified atom stereocenters. The van der Waals surface area contributed by atoms with Crippen LogP contribution in [0.3, 0.4) is 0 Å². The minimum Gasteiger partial charge on any atom is -0.464 e. The molecular weight excluding hydrogens is 833 g/mol. The Labute approximate surface area is 378 Å². The Balaban J connectivity index is 1.28. The van der Waals surface area contributed by atoms with Crippen LogP contribution in [0.15, 0.2) is 41.9 Å². The van der Waals surface area contributed by atoms with Gasteiger partial charge in [-0.05, 0) is 88.1 Å². The van der Waals surface area contributed by atoms with Gasteiger partial charge >= 0.3 is 12.0 Å². The van der Waals surface area contributed by atoms with E-state index in [4.69, 9.17) is 19.4 Å². The van der Waals surface area contributed by atoms with E-state index in [9.17, 15) is 19.2 Å². The van der Waals surface area contributed by atoms with Crippen LogP contribution in [0.25, 0.3) is 33.4 Å². The molecular formula is C47H62N8O6SSi. The van der Waals surface area contributed by atoms with Crippen molar-refractivity contribution >= 4 is 61.2 Å². The largest absolute Gasteiger partial charge is 0.464 e. The van der Waals surface area contributed by atoms with Crippen LogP contribution >= 0.6 is 11.3 Å². The van der Waals surface area contributed by atoms with Crippen LogP contribution in [0.2, 0.25) is 0 Å². The molecule has 6 bridgehead atoms. The number of aromatic nitrogens is 3. The van der Waals surface area contributed by atoms with E-state index < -0.39 is 35.3 Å². The van der Waals surface area contributed by atoms with Crippen molar-refractivity contribution in [2.45, 2.75) is 111 Å². The van der Waals surface area contributed by atoms with Gasteiger partial charge in [0.25, 0.3) is 0 Å². The number of likely N-dealkylation sites (N-methyl/N-ethyl adjacent to an activating group) is 1. The molecule has 336 valence electrons. The van der Waals surface area contributed by atoms with E-state index in [2.05, 4.69) is 70.2 Å². The number of thiazole rings is 1. The average Bonchev–Trinajstić information content (AvgIpc) is 3.88. The number of hydrogen-bond acceptors (Lipinski definition) is 10. The molecule has 4 amide bonds. The van der Waals surface area contributed by atoms with Crippen molar-refractivity contribution in [1.82, 2.24) is 40.1 Å². The van der Waals surface area contributed by atoms with Crippen molar-refractivity contribution in [1.29, 1.82) is 0 Å². The molecule has 6 heterocycles. The molecule has 2 radical (unpaired) electrons. The number of methoxy groups -OCH3 is 1. The van der Waals surface area contributed by atoms with Gasteiger partial charge in [0.1, 0.15) is 12.1 Å². The lowest BCUT2D eigenvalue weighted by molar-refractivity contribution is -0.155. The Morgan fingerprint density at radius 3 is 2.59 bits per heavy atom. The summed E-state index contributed by atoms with van der Waals surface area (Å²) < 4.78 is 14.3. The van der Waals surface area contributed by atoms with Gasteiger partial charge in [-0.2, -0.15) is 0 Å². The Hall–Kier alpha value is -4.77. The van der Waals surface area contributed by atoms with Crippen molar-refractivity contribution in [2.75, 3.05) is 40.4 Å². The SMILES string of the molecule is CCn1c(-c2cccnc2[C@H](C)OC)c2c3cc(ccc31)-c1csc(n1)C[C@H](C(=[Si])NC(=O)[C@H](C(C)C)N(C)C(=O)N1CCCCC1)C(=O)N1CCC[C@H](N1)C(=O)OCC(C)(C)C2. The molecule has 0 spiro atoms. The number of nitrogens with zero attached hydrogens (tertiary/aromatic N) is 6. The molecule has 0 aliphatic carbocycles. The Bertz CT molecular complexity index is 2350. The molecule has 1 aromatic carbocycles. The minimum absolute atomic E-state index is 0.152. The lowest BCUT2D eigenvalue weighted by atomic mass is 9.84. The van der Waals surface area contributed by atoms with Gasteiger partial charge in [0.05, 0.1) is 50.6 Å². The number of esters is 1. The Morgan fingerprint density at radius 1 is 1.11 bits per heavy atom. The summed E-state index contributed by atoms with van der Waals surface area (Å²) in [4.78, 5) is 69.5. The molecule has 0 saturated carbocycles. The molecule has 7 rings (SSSR count). The summed E-state index contributed by atoms with van der Waals surface area (Å²) in [7, 11) is 7.08. The van der Waals surface area contributed by atoms with Crippen LogP contribution in [0.4, 0.5) is 4.79 Å². The van der Waals surface area contributed by atoms with E-state index >= 15 is 0 Å². The number of ether oxygens (including phenoxy) is 2. The number of pyridine rings is 1. The van der Waals surface area contributed by atoms with Gasteiger partial charge in [-0.15, -0.1) is 11.3 Å². The van der Waals surface area contributed by atoms with E-state index in [0.717, 1.165) is 63.9 Å². The lowest BCUT2D eigenvalue weighted by Crippen LogP contribution is -2.60. The number of aryl methyl sites for hydroxylation is 1. The molecule has 3 aliphatic rings. The summed E-state index contributed by atoms with van der Waals surface area (Å²) in [6.45, 7) is 14.7. The van der Waals surface area contributed by atoms with E-state index in [1.54, 1.807) is 25.3 Å². The molecule has 4 aromatic rings. The number of urea groups is 1. The van der Waals surface area contributed by atoms with Crippen LogP contribution < -0.4 is 10.7 Å². The quantitative estimate of drug-likeness (QED) is 0.146. The van der Waals surface area contributed by atoms with Gasteiger partial charge in [-0.25, -0.2) is 15.2 Å². The van der Waals surface area contributed by atoms with Gasteiger partial charge in [0.2, 0.25) is 11.8 Å². The number of hydrazine groups is 1. The first-order valence-electron chi connectivity index (χ1n) is 22.4. The maximum atomic E-state index is 14.7. The van der Waals surface area contributed by atoms with Crippen molar-refractivity contribution in [3.05, 3.63) is 58.2 Å². The monoisotopic (exact) mass is 894 g/mol. The third kappa shape index (κ3) is 9.83. The van der Waals surface area contributed by atoms with Gasteiger partial charge < -0.3 is 29.2 Å². The summed E-state index contributed by atoms with van der Waals surface area (Å²) in [6.07, 6.45) is 6.34. The number of hydrogen-bond donors (Lipinski definition) is 2. The van der Waals surface area contributed by atoms with Crippen LogP contribution in [0, 0.1) is 17.3 Å². The maximum Gasteiger partial charge on any atom is 0.324 e. The van der Waals surface area contributed by atoms with Gasteiger partial charge in [-0.3, -0.25) is 24.4 Å². The van der Waals surface area contributed by atoms with Crippen LogP contribution in [0.1, 0.15) is 96.0 Å². The summed E-state index contributed by atoms with van der Waals surface area (Å²) in [5.74, 6) is -2.27. The highest BCUT2D eigenvalue weighted by Crippen LogP contribution is 2.42. The smallest absolute Gasteiger partial charge is 0.324 e. The topological polar surface area (TPSA) is 151 Å². The third-order valence-electron chi connectivity index (χ3n) is 12.7. The van der Waals surface area contributed by atoms with Crippen molar-refractivity contribution in [3.63, 3.8) is 0 Å². The molecule has 2 fully saturated rings. The number of nitrogens with one attached hydrogen (secondary N) is 2. The first-order chi connectivity index (χ1) is 30.1. The van der Waals surface area contributed by atoms with Crippen molar-refractivity contribution in [3.8, 4) is 22.5 Å². The normalized spacial score (nSPS) is 20.5. The number of cyclic esters (lactones) is 1. The molecule has 63 heavy (non-hydrogen) atoms. The first kappa shape index (κ1) is 46.2. The number of carbonyl (C=O) groups is 4.